The monoisotopic (exact) mass is 562 g/mol. The summed E-state index contributed by atoms with van der Waals surface area (Å²) in [6.45, 7) is 2.51. The smallest absolute Gasteiger partial charge is 0.255 e. The number of aryl methyl sites for hydroxylation is 1. The van der Waals surface area contributed by atoms with Crippen LogP contribution in [0.3, 0.4) is 0 Å². The number of benzene rings is 3. The van der Waals surface area contributed by atoms with Gasteiger partial charge in [0.15, 0.2) is 0 Å². The molecule has 3 aromatic rings. The summed E-state index contributed by atoms with van der Waals surface area (Å²) >= 11 is 9.83. The van der Waals surface area contributed by atoms with Gasteiger partial charge < -0.3 is 10.2 Å². The fraction of sp³-hybridized carbons (Fsp3) is 0.167. The van der Waals surface area contributed by atoms with Gasteiger partial charge in [-0.15, -0.1) is 11.8 Å². The number of hydrogen-bond donors (Lipinski definition) is 1. The maximum Gasteiger partial charge on any atom is 0.255 e. The summed E-state index contributed by atoms with van der Waals surface area (Å²) in [6.07, 6.45) is 0. The van der Waals surface area contributed by atoms with E-state index in [9.17, 15) is 9.59 Å². The van der Waals surface area contributed by atoms with Crippen molar-refractivity contribution in [2.75, 3.05) is 11.1 Å². The van der Waals surface area contributed by atoms with Gasteiger partial charge in [-0.1, -0.05) is 35.9 Å². The summed E-state index contributed by atoms with van der Waals surface area (Å²) in [6, 6.07) is 21.0. The lowest BCUT2D eigenvalue weighted by Gasteiger charge is -2.24. The van der Waals surface area contributed by atoms with Gasteiger partial charge in [0.1, 0.15) is 5.37 Å². The molecule has 1 saturated heterocycles. The lowest BCUT2D eigenvalue weighted by molar-refractivity contribution is -0.128. The van der Waals surface area contributed by atoms with E-state index in [4.69, 9.17) is 11.6 Å². The molecular formula is C24H20ClIN2O2S. The van der Waals surface area contributed by atoms with Crippen molar-refractivity contribution >= 4 is 63.5 Å². The number of hydrogen-bond acceptors (Lipinski definition) is 3. The minimum absolute atomic E-state index is 0.0706. The molecule has 1 atom stereocenters. The van der Waals surface area contributed by atoms with Crippen LogP contribution in [-0.4, -0.2) is 22.5 Å². The predicted octanol–water partition coefficient (Wildman–Crippen LogP) is 6.28. The molecule has 0 aromatic heterocycles. The van der Waals surface area contributed by atoms with Gasteiger partial charge in [0.05, 0.1) is 5.75 Å². The van der Waals surface area contributed by atoms with Crippen LogP contribution in [0.4, 0.5) is 5.69 Å². The van der Waals surface area contributed by atoms with E-state index >= 15 is 0 Å². The lowest BCUT2D eigenvalue weighted by atomic mass is 10.1. The summed E-state index contributed by atoms with van der Waals surface area (Å²) in [5.41, 5.74) is 4.46. The predicted molar refractivity (Wildman–Crippen MR) is 135 cm³/mol. The van der Waals surface area contributed by atoms with Crippen molar-refractivity contribution in [3.8, 4) is 0 Å². The fourth-order valence-electron chi connectivity index (χ4n) is 3.45. The second kappa shape index (κ2) is 9.63. The van der Waals surface area contributed by atoms with E-state index in [0.717, 1.165) is 25.9 Å². The average molecular weight is 563 g/mol. The highest BCUT2D eigenvalue weighted by Gasteiger charge is 2.32. The molecule has 4 nitrogen and oxygen atoms in total. The molecule has 0 spiro atoms. The molecule has 158 valence electrons. The van der Waals surface area contributed by atoms with Crippen LogP contribution in [0, 0.1) is 10.5 Å². The third-order valence-electron chi connectivity index (χ3n) is 5.13. The largest absolute Gasteiger partial charge is 0.322 e. The van der Waals surface area contributed by atoms with Gasteiger partial charge >= 0.3 is 0 Å². The number of amides is 2. The molecule has 1 fully saturated rings. The molecule has 0 bridgehead atoms. The zero-order valence-electron chi connectivity index (χ0n) is 16.8. The summed E-state index contributed by atoms with van der Waals surface area (Å²) in [5.74, 6) is 0.414. The molecule has 3 aromatic carbocycles. The van der Waals surface area contributed by atoms with Crippen molar-refractivity contribution in [2.45, 2.75) is 18.8 Å². The maximum absolute atomic E-state index is 12.7. The summed E-state index contributed by atoms with van der Waals surface area (Å²) < 4.78 is 1.13. The molecular weight excluding hydrogens is 543 g/mol. The van der Waals surface area contributed by atoms with Crippen molar-refractivity contribution in [3.05, 3.63) is 97.6 Å². The highest BCUT2D eigenvalue weighted by Crippen LogP contribution is 2.39. The molecule has 0 unspecified atom stereocenters. The second-order valence-corrected chi connectivity index (χ2v) is 10.1. The van der Waals surface area contributed by atoms with Gasteiger partial charge in [0.2, 0.25) is 5.91 Å². The van der Waals surface area contributed by atoms with Crippen LogP contribution >= 0.6 is 46.0 Å². The van der Waals surface area contributed by atoms with Crippen molar-refractivity contribution in [3.63, 3.8) is 0 Å². The zero-order chi connectivity index (χ0) is 22.0. The Bertz CT molecular complexity index is 1120. The molecule has 0 radical (unpaired) electrons. The van der Waals surface area contributed by atoms with Gasteiger partial charge in [0, 0.05) is 26.4 Å². The van der Waals surface area contributed by atoms with Crippen LogP contribution in [0.2, 0.25) is 5.02 Å². The number of anilines is 1. The fourth-order valence-corrected chi connectivity index (χ4v) is 5.41. The topological polar surface area (TPSA) is 49.4 Å². The molecule has 0 aliphatic carbocycles. The molecule has 1 aliphatic rings. The molecule has 4 rings (SSSR count). The molecule has 31 heavy (non-hydrogen) atoms. The Morgan fingerprint density at radius 1 is 1.13 bits per heavy atom. The Morgan fingerprint density at radius 3 is 2.52 bits per heavy atom. The first kappa shape index (κ1) is 22.2. The highest BCUT2D eigenvalue weighted by molar-refractivity contribution is 14.1. The number of nitrogens with zero attached hydrogens (tertiary/aromatic N) is 1. The number of rotatable bonds is 5. The molecule has 0 saturated carbocycles. The molecule has 1 N–H and O–H groups in total. The van der Waals surface area contributed by atoms with E-state index in [1.165, 1.54) is 0 Å². The first-order valence-electron chi connectivity index (χ1n) is 9.74. The number of carbonyl (C=O) groups is 2. The van der Waals surface area contributed by atoms with Crippen LogP contribution in [0.1, 0.15) is 32.4 Å². The van der Waals surface area contributed by atoms with E-state index in [2.05, 4.69) is 27.9 Å². The minimum Gasteiger partial charge on any atom is -0.322 e. The van der Waals surface area contributed by atoms with Gasteiger partial charge in [-0.3, -0.25) is 9.59 Å². The number of halogens is 2. The van der Waals surface area contributed by atoms with Gasteiger partial charge in [-0.2, -0.15) is 0 Å². The van der Waals surface area contributed by atoms with Crippen LogP contribution in [0.5, 0.6) is 0 Å². The van der Waals surface area contributed by atoms with Crippen LogP contribution < -0.4 is 5.32 Å². The Morgan fingerprint density at radius 2 is 1.84 bits per heavy atom. The third kappa shape index (κ3) is 5.25. The Labute approximate surface area is 204 Å². The van der Waals surface area contributed by atoms with E-state index in [1.807, 2.05) is 78.6 Å². The van der Waals surface area contributed by atoms with Gasteiger partial charge in [0.25, 0.3) is 5.91 Å². The maximum atomic E-state index is 12.7. The quantitative estimate of drug-likeness (QED) is 0.373. The summed E-state index contributed by atoms with van der Waals surface area (Å²) in [5, 5.41) is 3.58. The van der Waals surface area contributed by atoms with Crippen molar-refractivity contribution < 1.29 is 9.59 Å². The number of nitrogens with one attached hydrogen (secondary N) is 1. The van der Waals surface area contributed by atoms with E-state index in [1.54, 1.807) is 11.8 Å². The third-order valence-corrected chi connectivity index (χ3v) is 7.31. The second-order valence-electron chi connectivity index (χ2n) is 7.35. The molecule has 1 heterocycles. The highest BCUT2D eigenvalue weighted by atomic mass is 127. The van der Waals surface area contributed by atoms with Crippen LogP contribution in [-0.2, 0) is 11.3 Å². The SMILES string of the molecule is Cc1cc(I)ccc1NC(=O)c1ccc([C@@H]2SCC(=O)N2Cc2ccc(Cl)cc2)cc1. The van der Waals surface area contributed by atoms with Crippen molar-refractivity contribution in [1.29, 1.82) is 0 Å². The average Bonchev–Trinajstić information content (AvgIpc) is 3.12. The Hall–Kier alpha value is -2.03. The Kier molecular flexibility index (Phi) is 6.89. The van der Waals surface area contributed by atoms with E-state index in [0.29, 0.717) is 22.9 Å². The summed E-state index contributed by atoms with van der Waals surface area (Å²) in [7, 11) is 0. The number of carbonyl (C=O) groups excluding carboxylic acids is 2. The number of thioether (sulfide) groups is 1. The lowest BCUT2D eigenvalue weighted by Crippen LogP contribution is -2.27. The van der Waals surface area contributed by atoms with E-state index < -0.39 is 0 Å². The first-order valence-corrected chi connectivity index (χ1v) is 12.2. The molecule has 2 amide bonds. The molecule has 7 heteroatoms. The van der Waals surface area contributed by atoms with E-state index in [-0.39, 0.29) is 17.2 Å². The van der Waals surface area contributed by atoms with Crippen molar-refractivity contribution in [2.24, 2.45) is 0 Å². The minimum atomic E-state index is -0.149. The summed E-state index contributed by atoms with van der Waals surface area (Å²) in [4.78, 5) is 27.0. The normalized spacial score (nSPS) is 15.9. The Balaban J connectivity index is 1.48. The van der Waals surface area contributed by atoms with Gasteiger partial charge in [-0.25, -0.2) is 0 Å². The van der Waals surface area contributed by atoms with Crippen molar-refractivity contribution in [1.82, 2.24) is 4.90 Å². The van der Waals surface area contributed by atoms with Crippen LogP contribution in [0.25, 0.3) is 0 Å². The molecule has 1 aliphatic heterocycles. The van der Waals surface area contributed by atoms with Gasteiger partial charge in [-0.05, 0) is 88.7 Å². The standard InChI is InChI=1S/C24H20ClIN2O2S/c1-15-12-20(26)10-11-21(15)27-23(30)17-4-6-18(7-5-17)24-28(22(29)14-31-24)13-16-2-8-19(25)9-3-16/h2-12,24H,13-14H2,1H3,(H,27,30)/t24-/m0/s1. The first-order chi connectivity index (χ1) is 14.9. The zero-order valence-corrected chi connectivity index (χ0v) is 20.5. The van der Waals surface area contributed by atoms with Crippen LogP contribution in [0.15, 0.2) is 66.7 Å².